The lowest BCUT2D eigenvalue weighted by molar-refractivity contribution is -0.139. The summed E-state index contributed by atoms with van der Waals surface area (Å²) in [6.45, 7) is 4.03. The maximum atomic E-state index is 11.8. The molecule has 0 spiro atoms. The fraction of sp³-hybridized carbons (Fsp3) is 0.833. The summed E-state index contributed by atoms with van der Waals surface area (Å²) >= 11 is 1.77. The Labute approximate surface area is 112 Å². The number of urea groups is 1. The summed E-state index contributed by atoms with van der Waals surface area (Å²) in [5.41, 5.74) is -0.520. The van der Waals surface area contributed by atoms with Crippen LogP contribution in [-0.2, 0) is 4.79 Å². The second kappa shape index (κ2) is 6.87. The molecule has 0 heterocycles. The van der Waals surface area contributed by atoms with E-state index < -0.39 is 11.5 Å². The minimum absolute atomic E-state index is 0.0124. The van der Waals surface area contributed by atoms with E-state index in [9.17, 15) is 9.59 Å². The Hall–Kier alpha value is -0.910. The van der Waals surface area contributed by atoms with Crippen LogP contribution in [0.25, 0.3) is 0 Å². The smallest absolute Gasteiger partial charge is 0.315 e. The third-order valence-corrected chi connectivity index (χ3v) is 4.27. The van der Waals surface area contributed by atoms with Crippen LogP contribution in [0.15, 0.2) is 0 Å². The number of nitrogens with one attached hydrogen (secondary N) is 2. The fourth-order valence-electron chi connectivity index (χ4n) is 2.08. The van der Waals surface area contributed by atoms with Crippen LogP contribution < -0.4 is 10.6 Å². The predicted octanol–water partition coefficient (Wildman–Crippen LogP) is 1.82. The van der Waals surface area contributed by atoms with Gasteiger partial charge in [0, 0.05) is 11.8 Å². The maximum Gasteiger partial charge on any atom is 0.315 e. The van der Waals surface area contributed by atoms with Crippen LogP contribution in [0.2, 0.25) is 0 Å². The molecule has 1 aliphatic carbocycles. The molecular formula is C12H22N2O3S. The second-order valence-electron chi connectivity index (χ2n) is 4.86. The van der Waals surface area contributed by atoms with Crippen LogP contribution in [0.5, 0.6) is 0 Å². The van der Waals surface area contributed by atoms with Crippen molar-refractivity contribution in [3.63, 3.8) is 0 Å². The first-order chi connectivity index (χ1) is 8.47. The van der Waals surface area contributed by atoms with Gasteiger partial charge in [-0.05, 0) is 31.9 Å². The summed E-state index contributed by atoms with van der Waals surface area (Å²) in [6, 6.07) is -0.156. The largest absolute Gasteiger partial charge is 0.481 e. The maximum absolute atomic E-state index is 11.8. The van der Waals surface area contributed by atoms with Gasteiger partial charge >= 0.3 is 12.0 Å². The standard InChI is InChI=1S/C12H22N2O3S/c1-3-18-8-9(2)13-11(17)14-12(5-4-6-12)7-10(15)16/h9H,3-8H2,1-2H3,(H,15,16)(H2,13,14,17). The van der Waals surface area contributed by atoms with E-state index in [1.807, 2.05) is 6.92 Å². The Balaban J connectivity index is 2.36. The molecule has 6 heteroatoms. The molecule has 1 rings (SSSR count). The SMILES string of the molecule is CCSCC(C)NC(=O)NC1(CC(=O)O)CCC1. The molecule has 0 saturated heterocycles. The van der Waals surface area contributed by atoms with Gasteiger partial charge in [0.2, 0.25) is 0 Å². The number of thioether (sulfide) groups is 1. The average molecular weight is 274 g/mol. The number of rotatable bonds is 7. The van der Waals surface area contributed by atoms with Crippen molar-refractivity contribution >= 4 is 23.8 Å². The normalized spacial score (nSPS) is 18.6. The number of aliphatic carboxylic acids is 1. The van der Waals surface area contributed by atoms with Crippen LogP contribution in [0, 0.1) is 0 Å². The van der Waals surface area contributed by atoms with Crippen LogP contribution >= 0.6 is 11.8 Å². The van der Waals surface area contributed by atoms with E-state index in [-0.39, 0.29) is 18.5 Å². The van der Waals surface area contributed by atoms with Gasteiger partial charge in [0.25, 0.3) is 0 Å². The van der Waals surface area contributed by atoms with Gasteiger partial charge in [-0.3, -0.25) is 4.79 Å². The number of hydrogen-bond donors (Lipinski definition) is 3. The van der Waals surface area contributed by atoms with Crippen molar-refractivity contribution in [2.75, 3.05) is 11.5 Å². The van der Waals surface area contributed by atoms with Gasteiger partial charge in [-0.25, -0.2) is 4.79 Å². The summed E-state index contributed by atoms with van der Waals surface area (Å²) in [5, 5.41) is 14.5. The van der Waals surface area contributed by atoms with Crippen molar-refractivity contribution in [1.82, 2.24) is 10.6 Å². The number of carboxylic acids is 1. The lowest BCUT2D eigenvalue weighted by Gasteiger charge is -2.41. The molecular weight excluding hydrogens is 252 g/mol. The Morgan fingerprint density at radius 3 is 2.56 bits per heavy atom. The van der Waals surface area contributed by atoms with Gasteiger partial charge in [0.1, 0.15) is 0 Å². The van der Waals surface area contributed by atoms with Crippen molar-refractivity contribution in [2.24, 2.45) is 0 Å². The summed E-state index contributed by atoms with van der Waals surface area (Å²) in [7, 11) is 0. The number of carbonyl (C=O) groups excluding carboxylic acids is 1. The van der Waals surface area contributed by atoms with E-state index >= 15 is 0 Å². The minimum Gasteiger partial charge on any atom is -0.481 e. The molecule has 0 aliphatic heterocycles. The van der Waals surface area contributed by atoms with Crippen LogP contribution in [-0.4, -0.2) is 40.2 Å². The summed E-state index contributed by atoms with van der Waals surface area (Å²) in [5.74, 6) is 1.04. The quantitative estimate of drug-likeness (QED) is 0.662. The van der Waals surface area contributed by atoms with Gasteiger partial charge in [0.15, 0.2) is 0 Å². The Bertz CT molecular complexity index is 306. The van der Waals surface area contributed by atoms with E-state index in [0.717, 1.165) is 30.8 Å². The fourth-order valence-corrected chi connectivity index (χ4v) is 2.75. The molecule has 104 valence electrons. The first-order valence-electron chi connectivity index (χ1n) is 6.35. The zero-order valence-electron chi connectivity index (χ0n) is 11.0. The third kappa shape index (κ3) is 4.76. The van der Waals surface area contributed by atoms with Crippen molar-refractivity contribution in [1.29, 1.82) is 0 Å². The second-order valence-corrected chi connectivity index (χ2v) is 6.18. The van der Waals surface area contributed by atoms with Crippen molar-refractivity contribution < 1.29 is 14.7 Å². The van der Waals surface area contributed by atoms with Gasteiger partial charge < -0.3 is 15.7 Å². The highest BCUT2D eigenvalue weighted by Gasteiger charge is 2.40. The van der Waals surface area contributed by atoms with E-state index in [4.69, 9.17) is 5.11 Å². The first kappa shape index (κ1) is 15.1. The summed E-state index contributed by atoms with van der Waals surface area (Å²) in [4.78, 5) is 22.6. The summed E-state index contributed by atoms with van der Waals surface area (Å²) in [6.07, 6.45) is 2.50. The number of amides is 2. The Kier molecular flexibility index (Phi) is 5.78. The Morgan fingerprint density at radius 1 is 1.44 bits per heavy atom. The lowest BCUT2D eigenvalue weighted by Crippen LogP contribution is -2.58. The number of carbonyl (C=O) groups is 2. The van der Waals surface area contributed by atoms with E-state index in [2.05, 4.69) is 17.6 Å². The molecule has 5 nitrogen and oxygen atoms in total. The molecule has 0 aromatic carbocycles. The highest BCUT2D eigenvalue weighted by molar-refractivity contribution is 7.99. The molecule has 1 fully saturated rings. The number of hydrogen-bond acceptors (Lipinski definition) is 3. The molecule has 18 heavy (non-hydrogen) atoms. The molecule has 1 unspecified atom stereocenters. The molecule has 1 atom stereocenters. The molecule has 0 aromatic heterocycles. The van der Waals surface area contributed by atoms with Gasteiger partial charge in [0.05, 0.1) is 12.0 Å². The molecule has 3 N–H and O–H groups in total. The lowest BCUT2D eigenvalue weighted by atomic mass is 9.74. The minimum atomic E-state index is -0.857. The zero-order chi connectivity index (χ0) is 13.6. The van der Waals surface area contributed by atoms with Gasteiger partial charge in [-0.15, -0.1) is 0 Å². The first-order valence-corrected chi connectivity index (χ1v) is 7.51. The molecule has 0 radical (unpaired) electrons. The average Bonchev–Trinajstić information content (AvgIpc) is 2.22. The number of carboxylic acid groups (broad SMARTS) is 1. The van der Waals surface area contributed by atoms with E-state index in [0.29, 0.717) is 0 Å². The molecule has 1 saturated carbocycles. The van der Waals surface area contributed by atoms with Gasteiger partial charge in [-0.2, -0.15) is 11.8 Å². The van der Waals surface area contributed by atoms with Crippen molar-refractivity contribution in [3.05, 3.63) is 0 Å². The van der Waals surface area contributed by atoms with Crippen LogP contribution in [0.4, 0.5) is 4.79 Å². The highest BCUT2D eigenvalue weighted by Crippen LogP contribution is 2.34. The zero-order valence-corrected chi connectivity index (χ0v) is 11.8. The van der Waals surface area contributed by atoms with Crippen LogP contribution in [0.1, 0.15) is 39.5 Å². The molecule has 1 aliphatic rings. The molecule has 2 amide bonds. The van der Waals surface area contributed by atoms with E-state index in [1.54, 1.807) is 11.8 Å². The van der Waals surface area contributed by atoms with Crippen molar-refractivity contribution in [2.45, 2.75) is 51.1 Å². The summed E-state index contributed by atoms with van der Waals surface area (Å²) < 4.78 is 0. The van der Waals surface area contributed by atoms with E-state index in [1.165, 1.54) is 0 Å². The molecule has 0 aromatic rings. The Morgan fingerprint density at radius 2 is 2.11 bits per heavy atom. The topological polar surface area (TPSA) is 78.4 Å². The highest BCUT2D eigenvalue weighted by atomic mass is 32.2. The van der Waals surface area contributed by atoms with Gasteiger partial charge in [-0.1, -0.05) is 6.92 Å². The molecule has 0 bridgehead atoms. The van der Waals surface area contributed by atoms with Crippen molar-refractivity contribution in [3.8, 4) is 0 Å². The monoisotopic (exact) mass is 274 g/mol. The predicted molar refractivity (Wildman–Crippen MR) is 73.0 cm³/mol. The van der Waals surface area contributed by atoms with Crippen LogP contribution in [0.3, 0.4) is 0 Å². The third-order valence-electron chi connectivity index (χ3n) is 3.13.